The predicted octanol–water partition coefficient (Wildman–Crippen LogP) is -2.81. The van der Waals surface area contributed by atoms with Gasteiger partial charge in [0.2, 0.25) is 0 Å². The van der Waals surface area contributed by atoms with Crippen molar-refractivity contribution in [1.82, 2.24) is 0 Å². The van der Waals surface area contributed by atoms with Gasteiger partial charge in [-0.15, -0.1) is 10.9 Å². The van der Waals surface area contributed by atoms with Gasteiger partial charge >= 0.3 is 0 Å². The fraction of sp³-hybridized carbons (Fsp3) is 0.158. The second kappa shape index (κ2) is 7.41. The molecule has 0 unspecified atom stereocenters. The van der Waals surface area contributed by atoms with Gasteiger partial charge in [0.05, 0.1) is 0 Å². The molecule has 28 heavy (non-hydrogen) atoms. The van der Waals surface area contributed by atoms with Crippen molar-refractivity contribution >= 4 is 125 Å². The Bertz CT molecular complexity index is 1090. The molecule has 122 valence electrons. The maximum absolute atomic E-state index is 6.40. The molecular weight excluding hydrogens is 350 g/mol. The van der Waals surface area contributed by atoms with E-state index in [0.717, 1.165) is 5.69 Å². The molecule has 1 N–H and O–H groups in total. The van der Waals surface area contributed by atoms with Crippen LogP contribution in [0.3, 0.4) is 0 Å². The Kier molecular flexibility index (Phi) is 5.62. The molecule has 0 aliphatic heterocycles. The van der Waals surface area contributed by atoms with Crippen LogP contribution in [0, 0.1) is 0 Å². The summed E-state index contributed by atoms with van der Waals surface area (Å²) in [5.74, 6) is 0. The Morgan fingerprint density at radius 1 is 0.571 bits per heavy atom. The smallest absolute Gasteiger partial charge is 0.117 e. The highest BCUT2D eigenvalue weighted by Gasteiger charge is 2.17. The third-order valence-corrected chi connectivity index (χ3v) is 6.54. The summed E-state index contributed by atoms with van der Waals surface area (Å²) in [4.78, 5) is 1.29. The molecule has 3 aromatic carbocycles. The van der Waals surface area contributed by atoms with Crippen molar-refractivity contribution in [2.75, 3.05) is 24.1 Å². The monoisotopic (exact) mass is 365 g/mol. The number of benzene rings is 3. The van der Waals surface area contributed by atoms with E-state index in [2.05, 4.69) is 36.2 Å². The summed E-state index contributed by atoms with van der Waals surface area (Å²) in [5.41, 5.74) is 2.87. The van der Waals surface area contributed by atoms with Crippen molar-refractivity contribution < 1.29 is 0 Å². The lowest BCUT2D eigenvalue weighted by Crippen LogP contribution is -2.52. The Labute approximate surface area is 178 Å². The van der Waals surface area contributed by atoms with Crippen molar-refractivity contribution in [3.05, 3.63) is 24.3 Å². The average Bonchev–Trinajstić information content (AvgIpc) is 2.64. The minimum Gasteiger partial charge on any atom is -0.356 e. The van der Waals surface area contributed by atoms with Crippen LogP contribution in [0.25, 0.3) is 10.8 Å². The second-order valence-corrected chi connectivity index (χ2v) is 11.7. The summed E-state index contributed by atoms with van der Waals surface area (Å²) in [6.07, 6.45) is 6.70. The van der Waals surface area contributed by atoms with Gasteiger partial charge in [-0.2, -0.15) is 0 Å². The van der Waals surface area contributed by atoms with Crippen molar-refractivity contribution in [1.29, 1.82) is 0 Å². The first-order chi connectivity index (χ1) is 12.9. The SMILES string of the molecule is [B]c1c([B])c([B])c2c([B])c(Nc3ccc(S(C)(C)C)cc3)c([B])c([B])c2c1[B]. The van der Waals surface area contributed by atoms with Crippen molar-refractivity contribution in [2.24, 2.45) is 0 Å². The number of hydrogen-bond acceptors (Lipinski definition) is 1. The van der Waals surface area contributed by atoms with Gasteiger partial charge in [-0.3, -0.25) is 0 Å². The van der Waals surface area contributed by atoms with Crippen molar-refractivity contribution in [3.8, 4) is 0 Å². The second-order valence-electron chi connectivity index (χ2n) is 7.51. The van der Waals surface area contributed by atoms with Gasteiger partial charge < -0.3 is 5.32 Å². The Hall–Kier alpha value is -1.48. The van der Waals surface area contributed by atoms with Gasteiger partial charge in [0.25, 0.3) is 0 Å². The van der Waals surface area contributed by atoms with E-state index in [1.165, 1.54) is 4.90 Å². The molecule has 0 aliphatic carbocycles. The van der Waals surface area contributed by atoms with E-state index in [9.17, 15) is 0 Å². The van der Waals surface area contributed by atoms with E-state index in [4.69, 9.17) is 54.9 Å². The van der Waals surface area contributed by atoms with Crippen LogP contribution < -0.4 is 43.6 Å². The highest BCUT2D eigenvalue weighted by atomic mass is 32.3. The standard InChI is InChI=1S/C19H14B7NS/c1-28(2,3)9-6-4-8(5-7-9)27-19-15(23)11-10(14(22)18(19)26)12(20)16(24)17(25)13(11)21/h4-7,27H,1-3H3. The van der Waals surface area contributed by atoms with Crippen LogP contribution in [0.5, 0.6) is 0 Å². The maximum Gasteiger partial charge on any atom is 0.117 e. The summed E-state index contributed by atoms with van der Waals surface area (Å²) in [7, 11) is 42.3. The number of fused-ring (bicyclic) bond motifs is 1. The van der Waals surface area contributed by atoms with Crippen LogP contribution in [-0.2, 0) is 0 Å². The van der Waals surface area contributed by atoms with Crippen LogP contribution in [0.1, 0.15) is 0 Å². The van der Waals surface area contributed by atoms with Crippen LogP contribution in [0.2, 0.25) is 0 Å². The molecule has 0 saturated carbocycles. The number of hydrogen-bond donors (Lipinski definition) is 1. The molecule has 3 aromatic rings. The van der Waals surface area contributed by atoms with Crippen LogP contribution in [0.4, 0.5) is 11.4 Å². The summed E-state index contributed by atoms with van der Waals surface area (Å²) >= 11 is 0. The molecule has 0 amide bonds. The summed E-state index contributed by atoms with van der Waals surface area (Å²) in [6, 6.07) is 8.11. The highest BCUT2D eigenvalue weighted by molar-refractivity contribution is 8.32. The van der Waals surface area contributed by atoms with Gasteiger partial charge in [0.1, 0.15) is 54.9 Å². The zero-order valence-corrected chi connectivity index (χ0v) is 17.1. The maximum atomic E-state index is 6.40. The van der Waals surface area contributed by atoms with E-state index < -0.39 is 10.0 Å². The topological polar surface area (TPSA) is 12.0 Å². The normalized spacial score (nSPS) is 12.2. The van der Waals surface area contributed by atoms with Crippen molar-refractivity contribution in [2.45, 2.75) is 4.90 Å². The predicted molar refractivity (Wildman–Crippen MR) is 135 cm³/mol. The Morgan fingerprint density at radius 2 is 1.00 bits per heavy atom. The first-order valence-corrected chi connectivity index (χ1v) is 11.4. The minimum absolute atomic E-state index is 0.163. The summed E-state index contributed by atoms with van der Waals surface area (Å²) in [5, 5.41) is 4.10. The molecule has 0 spiro atoms. The molecular formula is C19H14B7NS. The highest BCUT2D eigenvalue weighted by Crippen LogP contribution is 2.45. The fourth-order valence-corrected chi connectivity index (χ4v) is 4.11. The number of anilines is 2. The van der Waals surface area contributed by atoms with E-state index in [1.54, 1.807) is 0 Å². The summed E-state index contributed by atoms with van der Waals surface area (Å²) < 4.78 is 0. The van der Waals surface area contributed by atoms with E-state index >= 15 is 0 Å². The lowest BCUT2D eigenvalue weighted by Gasteiger charge is -2.27. The molecule has 0 aromatic heterocycles. The first kappa shape index (κ1) is 21.2. The van der Waals surface area contributed by atoms with Gasteiger partial charge in [-0.25, -0.2) is 10.0 Å². The molecule has 0 fully saturated rings. The summed E-state index contributed by atoms with van der Waals surface area (Å²) in [6.45, 7) is 0. The van der Waals surface area contributed by atoms with Gasteiger partial charge in [0, 0.05) is 11.4 Å². The van der Waals surface area contributed by atoms with Crippen LogP contribution >= 0.6 is 10.0 Å². The molecule has 9 heteroatoms. The number of rotatable bonds is 3. The zero-order valence-electron chi connectivity index (χ0n) is 16.3. The third-order valence-electron chi connectivity index (χ3n) is 4.86. The van der Waals surface area contributed by atoms with Crippen molar-refractivity contribution in [3.63, 3.8) is 0 Å². The lowest BCUT2D eigenvalue weighted by molar-refractivity contribution is 1.43. The molecule has 0 bridgehead atoms. The van der Waals surface area contributed by atoms with Gasteiger partial charge in [-0.05, 0) is 58.7 Å². The molecule has 0 heterocycles. The van der Waals surface area contributed by atoms with E-state index in [1.807, 2.05) is 12.1 Å². The van der Waals surface area contributed by atoms with Gasteiger partial charge in [-0.1, -0.05) is 27.3 Å². The minimum atomic E-state index is -0.817. The van der Waals surface area contributed by atoms with Gasteiger partial charge in [0.15, 0.2) is 0 Å². The molecule has 0 atom stereocenters. The largest absolute Gasteiger partial charge is 0.356 e. The van der Waals surface area contributed by atoms with Crippen LogP contribution in [-0.4, -0.2) is 73.7 Å². The quantitative estimate of drug-likeness (QED) is 0.495. The Balaban J connectivity index is 2.20. The molecule has 3 rings (SSSR count). The Morgan fingerprint density at radius 3 is 1.46 bits per heavy atom. The molecule has 1 nitrogen and oxygen atoms in total. The first-order valence-electron chi connectivity index (χ1n) is 8.52. The van der Waals surface area contributed by atoms with Crippen LogP contribution in [0.15, 0.2) is 29.2 Å². The lowest BCUT2D eigenvalue weighted by atomic mass is 9.59. The molecule has 0 saturated heterocycles. The fourth-order valence-electron chi connectivity index (χ4n) is 3.15. The molecule has 14 radical (unpaired) electrons. The number of nitrogens with one attached hydrogen (secondary N) is 1. The van der Waals surface area contributed by atoms with E-state index in [0.29, 0.717) is 21.9 Å². The molecule has 0 aliphatic rings. The third kappa shape index (κ3) is 3.47. The average molecular weight is 364 g/mol. The zero-order chi connectivity index (χ0) is 21.0. The van der Waals surface area contributed by atoms with E-state index in [-0.39, 0.29) is 32.8 Å².